The lowest BCUT2D eigenvalue weighted by Gasteiger charge is -2.39. The quantitative estimate of drug-likeness (QED) is 0.177. The fourth-order valence-electron chi connectivity index (χ4n) is 5.54. The second-order valence-corrected chi connectivity index (χ2v) is 10.0. The monoisotopic (exact) mass is 546 g/mol. The second-order valence-electron chi connectivity index (χ2n) is 10.0. The maximum atomic E-state index is 11.6. The van der Waals surface area contributed by atoms with Gasteiger partial charge in [0.1, 0.15) is 46.7 Å². The summed E-state index contributed by atoms with van der Waals surface area (Å²) in [5, 5.41) is 84.5. The van der Waals surface area contributed by atoms with Crippen LogP contribution in [0.2, 0.25) is 0 Å². The van der Waals surface area contributed by atoms with Crippen molar-refractivity contribution in [1.29, 1.82) is 0 Å². The summed E-state index contributed by atoms with van der Waals surface area (Å²) in [5.74, 6) is -2.22. The Morgan fingerprint density at radius 2 is 1.27 bits per heavy atom. The molecule has 0 spiro atoms. The molecular formula is C30H26O10. The van der Waals surface area contributed by atoms with Crippen LogP contribution >= 0.6 is 0 Å². The SMILES string of the molecule is Oc1ccc([C@H]2Oc3cc(O)ccc3[C@@H](c3c(O)cc4c(c3O)C[C@@H](O)[C@@H](c3ccc(O)c(O)c3)O4)[C@@H]2O)cc1. The normalized spacial score (nSPS) is 23.4. The van der Waals surface area contributed by atoms with Crippen LogP contribution in [0.4, 0.5) is 0 Å². The summed E-state index contributed by atoms with van der Waals surface area (Å²) in [6, 6.07) is 15.6. The first-order valence-electron chi connectivity index (χ1n) is 12.5. The zero-order chi connectivity index (χ0) is 28.3. The molecule has 0 radical (unpaired) electrons. The Morgan fingerprint density at radius 3 is 2.00 bits per heavy atom. The van der Waals surface area contributed by atoms with Crippen molar-refractivity contribution in [2.75, 3.05) is 0 Å². The smallest absolute Gasteiger partial charge is 0.157 e. The number of fused-ring (bicyclic) bond motifs is 2. The van der Waals surface area contributed by atoms with Gasteiger partial charge in [0, 0.05) is 41.2 Å². The van der Waals surface area contributed by atoms with E-state index in [1.54, 1.807) is 12.1 Å². The third-order valence-corrected chi connectivity index (χ3v) is 7.50. The topological polar surface area (TPSA) is 180 Å². The van der Waals surface area contributed by atoms with Crippen LogP contribution < -0.4 is 9.47 Å². The van der Waals surface area contributed by atoms with Crippen LogP contribution in [0.5, 0.6) is 46.0 Å². The van der Waals surface area contributed by atoms with Crippen molar-refractivity contribution < 1.29 is 50.3 Å². The summed E-state index contributed by atoms with van der Waals surface area (Å²) in [6.45, 7) is 0. The maximum Gasteiger partial charge on any atom is 0.157 e. The third kappa shape index (κ3) is 4.14. The Balaban J connectivity index is 1.44. The molecule has 10 heteroatoms. The summed E-state index contributed by atoms with van der Waals surface area (Å²) in [6.07, 6.45) is -4.50. The van der Waals surface area contributed by atoms with Gasteiger partial charge in [-0.1, -0.05) is 24.3 Å². The van der Waals surface area contributed by atoms with Crippen LogP contribution in [-0.4, -0.2) is 53.1 Å². The molecule has 0 aliphatic carbocycles. The highest BCUT2D eigenvalue weighted by Crippen LogP contribution is 2.54. The maximum absolute atomic E-state index is 11.6. The van der Waals surface area contributed by atoms with Crippen molar-refractivity contribution in [3.63, 3.8) is 0 Å². The molecule has 8 N–H and O–H groups in total. The molecule has 0 saturated heterocycles. The molecule has 0 amide bonds. The molecule has 0 fully saturated rings. The molecule has 2 heterocycles. The first-order valence-corrected chi connectivity index (χ1v) is 12.5. The van der Waals surface area contributed by atoms with E-state index in [4.69, 9.17) is 9.47 Å². The molecule has 0 aromatic heterocycles. The van der Waals surface area contributed by atoms with Gasteiger partial charge >= 0.3 is 0 Å². The number of aromatic hydroxyl groups is 6. The van der Waals surface area contributed by atoms with E-state index >= 15 is 0 Å². The average molecular weight is 547 g/mol. The zero-order valence-electron chi connectivity index (χ0n) is 20.8. The molecule has 40 heavy (non-hydrogen) atoms. The minimum absolute atomic E-state index is 0.0122. The number of hydrogen-bond donors (Lipinski definition) is 8. The third-order valence-electron chi connectivity index (χ3n) is 7.50. The van der Waals surface area contributed by atoms with E-state index in [9.17, 15) is 40.9 Å². The summed E-state index contributed by atoms with van der Waals surface area (Å²) in [4.78, 5) is 0. The molecule has 2 aliphatic rings. The fourth-order valence-corrected chi connectivity index (χ4v) is 5.54. The van der Waals surface area contributed by atoms with Crippen molar-refractivity contribution in [2.24, 2.45) is 0 Å². The largest absolute Gasteiger partial charge is 0.508 e. The lowest BCUT2D eigenvalue weighted by atomic mass is 9.78. The van der Waals surface area contributed by atoms with Crippen LogP contribution in [0, 0.1) is 0 Å². The Kier molecular flexibility index (Phi) is 6.01. The summed E-state index contributed by atoms with van der Waals surface area (Å²) >= 11 is 0. The lowest BCUT2D eigenvalue weighted by molar-refractivity contribution is 0.00667. The second kappa shape index (κ2) is 9.44. The Labute approximate surface area is 227 Å². The number of benzene rings is 4. The minimum Gasteiger partial charge on any atom is -0.508 e. The lowest BCUT2D eigenvalue weighted by Crippen LogP contribution is -2.35. The van der Waals surface area contributed by atoms with E-state index in [0.29, 0.717) is 16.7 Å². The molecule has 4 aromatic carbocycles. The van der Waals surface area contributed by atoms with Gasteiger partial charge in [0.2, 0.25) is 0 Å². The van der Waals surface area contributed by atoms with E-state index in [0.717, 1.165) is 0 Å². The molecule has 4 aromatic rings. The first kappa shape index (κ1) is 25.5. The molecule has 0 saturated carbocycles. The molecule has 206 valence electrons. The number of aliphatic hydroxyl groups is 2. The van der Waals surface area contributed by atoms with Crippen LogP contribution in [0.25, 0.3) is 0 Å². The van der Waals surface area contributed by atoms with Gasteiger partial charge in [-0.05, 0) is 41.5 Å². The predicted molar refractivity (Wildman–Crippen MR) is 140 cm³/mol. The highest BCUT2D eigenvalue weighted by atomic mass is 16.5. The highest BCUT2D eigenvalue weighted by molar-refractivity contribution is 5.63. The number of phenols is 6. The number of aliphatic hydroxyl groups excluding tert-OH is 2. The standard InChI is InChI=1S/C30H26O10/c31-15-4-1-13(2-5-15)30-28(38)25(17-7-6-16(32)10-23(17)40-30)26-21(35)12-24-18(27(26)37)11-22(36)29(39-24)14-3-8-19(33)20(34)9-14/h1-10,12,22,25,28-38H,11H2/t22-,25+,28+,29-,30-/m1/s1. The van der Waals surface area contributed by atoms with Crippen molar-refractivity contribution >= 4 is 0 Å². The van der Waals surface area contributed by atoms with E-state index in [2.05, 4.69) is 0 Å². The van der Waals surface area contributed by atoms with Gasteiger partial charge in [0.25, 0.3) is 0 Å². The number of hydrogen-bond acceptors (Lipinski definition) is 10. The summed E-state index contributed by atoms with van der Waals surface area (Å²) in [7, 11) is 0. The first-order chi connectivity index (χ1) is 19.1. The fraction of sp³-hybridized carbons (Fsp3) is 0.200. The van der Waals surface area contributed by atoms with E-state index in [1.807, 2.05) is 0 Å². The Morgan fingerprint density at radius 1 is 0.600 bits per heavy atom. The van der Waals surface area contributed by atoms with Gasteiger partial charge in [-0.2, -0.15) is 0 Å². The van der Waals surface area contributed by atoms with E-state index in [-0.39, 0.29) is 63.5 Å². The van der Waals surface area contributed by atoms with Crippen LogP contribution in [-0.2, 0) is 6.42 Å². The van der Waals surface area contributed by atoms with Gasteiger partial charge in [0.15, 0.2) is 17.6 Å². The van der Waals surface area contributed by atoms with E-state index in [1.165, 1.54) is 54.6 Å². The number of rotatable bonds is 3. The summed E-state index contributed by atoms with van der Waals surface area (Å²) in [5.41, 5.74) is 1.49. The molecule has 5 atom stereocenters. The van der Waals surface area contributed by atoms with Crippen molar-refractivity contribution in [1.82, 2.24) is 0 Å². The highest BCUT2D eigenvalue weighted by Gasteiger charge is 2.43. The van der Waals surface area contributed by atoms with Crippen molar-refractivity contribution in [3.8, 4) is 46.0 Å². The minimum atomic E-state index is -1.32. The van der Waals surface area contributed by atoms with Crippen molar-refractivity contribution in [2.45, 2.75) is 36.8 Å². The van der Waals surface area contributed by atoms with Crippen molar-refractivity contribution in [3.05, 3.63) is 94.5 Å². The zero-order valence-corrected chi connectivity index (χ0v) is 20.8. The predicted octanol–water partition coefficient (Wildman–Crippen LogP) is 3.58. The van der Waals surface area contributed by atoms with E-state index < -0.39 is 30.3 Å². The van der Waals surface area contributed by atoms with Crippen LogP contribution in [0.15, 0.2) is 66.7 Å². The summed E-state index contributed by atoms with van der Waals surface area (Å²) < 4.78 is 12.0. The Bertz CT molecular complexity index is 1600. The molecule has 0 unspecified atom stereocenters. The molecular weight excluding hydrogens is 520 g/mol. The van der Waals surface area contributed by atoms with Gasteiger partial charge in [-0.25, -0.2) is 0 Å². The molecule has 0 bridgehead atoms. The number of ether oxygens (including phenoxy) is 2. The van der Waals surface area contributed by atoms with Crippen LogP contribution in [0.1, 0.15) is 45.9 Å². The Hall–Kier alpha value is -4.80. The molecule has 6 rings (SSSR count). The van der Waals surface area contributed by atoms with Gasteiger partial charge < -0.3 is 50.3 Å². The van der Waals surface area contributed by atoms with Gasteiger partial charge in [-0.3, -0.25) is 0 Å². The average Bonchev–Trinajstić information content (AvgIpc) is 2.92. The van der Waals surface area contributed by atoms with Gasteiger partial charge in [0.05, 0.1) is 6.10 Å². The van der Waals surface area contributed by atoms with Crippen LogP contribution in [0.3, 0.4) is 0 Å². The molecule has 10 nitrogen and oxygen atoms in total. The van der Waals surface area contributed by atoms with Gasteiger partial charge in [-0.15, -0.1) is 0 Å². The number of phenolic OH excluding ortho intramolecular Hbond substituents is 6. The molecule has 2 aliphatic heterocycles.